The van der Waals surface area contributed by atoms with Crippen LogP contribution in [0.3, 0.4) is 0 Å². The Bertz CT molecular complexity index is 1600. The Hall–Kier alpha value is -3.19. The molecule has 1 saturated heterocycles. The minimum Gasteiger partial charge on any atom is -0.353 e. The normalized spacial score (nSPS) is 28.8. The molecule has 3 aromatic heterocycles. The van der Waals surface area contributed by atoms with E-state index in [2.05, 4.69) is 68.1 Å². The molecule has 2 atom stereocenters. The molecule has 3 saturated carbocycles. The van der Waals surface area contributed by atoms with Crippen molar-refractivity contribution in [3.05, 3.63) is 75.9 Å². The molecule has 3 aliphatic carbocycles. The van der Waals surface area contributed by atoms with E-state index >= 15 is 0 Å². The van der Waals surface area contributed by atoms with Crippen LogP contribution in [0.5, 0.6) is 0 Å². The molecule has 4 aliphatic rings. The van der Waals surface area contributed by atoms with E-state index in [-0.39, 0.29) is 11.0 Å². The lowest BCUT2D eigenvalue weighted by atomic mass is 9.58. The van der Waals surface area contributed by atoms with Crippen LogP contribution in [-0.2, 0) is 19.0 Å². The molecule has 1 aromatic carbocycles. The van der Waals surface area contributed by atoms with Gasteiger partial charge in [-0.2, -0.15) is 0 Å². The van der Waals surface area contributed by atoms with Gasteiger partial charge in [-0.15, -0.1) is 10.2 Å². The van der Waals surface area contributed by atoms with Crippen molar-refractivity contribution in [3.8, 4) is 5.69 Å². The molecule has 0 spiro atoms. The van der Waals surface area contributed by atoms with E-state index in [1.54, 1.807) is 6.33 Å². The van der Waals surface area contributed by atoms with Crippen LogP contribution >= 0.6 is 0 Å². The summed E-state index contributed by atoms with van der Waals surface area (Å²) >= 11 is 0. The SMILES string of the molecule is CC1CC(c2cccc(-n3cc(C4CC4)c4cc(CN5CCCC6CC65)[nH]c4c3=O)c2)(c2nncn2C)C1. The summed E-state index contributed by atoms with van der Waals surface area (Å²) in [5.41, 5.74) is 5.32. The molecule has 0 bridgehead atoms. The van der Waals surface area contributed by atoms with Crippen LogP contribution in [0.4, 0.5) is 0 Å². The molecule has 196 valence electrons. The van der Waals surface area contributed by atoms with Gasteiger partial charge in [0.05, 0.1) is 5.41 Å². The summed E-state index contributed by atoms with van der Waals surface area (Å²) < 4.78 is 3.94. The average molecular weight is 509 g/mol. The lowest BCUT2D eigenvalue weighted by molar-refractivity contribution is 0.185. The second kappa shape index (κ2) is 8.15. The number of fused-ring (bicyclic) bond motifs is 2. The lowest BCUT2D eigenvalue weighted by Crippen LogP contribution is -2.43. The molecule has 2 unspecified atom stereocenters. The second-order valence-corrected chi connectivity index (χ2v) is 12.7. The second-order valence-electron chi connectivity index (χ2n) is 12.7. The van der Waals surface area contributed by atoms with E-state index in [9.17, 15) is 4.79 Å². The molecule has 4 aromatic rings. The number of aromatic nitrogens is 5. The maximum atomic E-state index is 14.0. The zero-order chi connectivity index (χ0) is 25.6. The predicted molar refractivity (Wildman–Crippen MR) is 148 cm³/mol. The van der Waals surface area contributed by atoms with Crippen LogP contribution in [-0.4, -0.2) is 41.8 Å². The highest BCUT2D eigenvalue weighted by Crippen LogP contribution is 2.52. The first-order valence-electron chi connectivity index (χ1n) is 14.5. The topological polar surface area (TPSA) is 71.7 Å². The van der Waals surface area contributed by atoms with Crippen molar-refractivity contribution in [2.45, 2.75) is 75.8 Å². The third-order valence-corrected chi connectivity index (χ3v) is 9.86. The fourth-order valence-corrected chi connectivity index (χ4v) is 7.76. The summed E-state index contributed by atoms with van der Waals surface area (Å²) in [5, 5.41) is 9.84. The van der Waals surface area contributed by atoms with Crippen molar-refractivity contribution in [1.82, 2.24) is 29.2 Å². The summed E-state index contributed by atoms with van der Waals surface area (Å²) in [5.74, 6) is 3.11. The molecule has 7 heteroatoms. The number of hydrogen-bond donors (Lipinski definition) is 1. The van der Waals surface area contributed by atoms with Gasteiger partial charge in [0.1, 0.15) is 17.7 Å². The fraction of sp³-hybridized carbons (Fsp3) is 0.516. The zero-order valence-electron chi connectivity index (χ0n) is 22.4. The van der Waals surface area contributed by atoms with Crippen molar-refractivity contribution in [3.63, 3.8) is 0 Å². The summed E-state index contributed by atoms with van der Waals surface area (Å²) in [7, 11) is 2.03. The number of benzene rings is 1. The molecule has 8 rings (SSSR count). The maximum absolute atomic E-state index is 14.0. The Kier molecular flexibility index (Phi) is 4.88. The Balaban J connectivity index is 1.21. The molecule has 0 amide bonds. The molecule has 1 N–H and O–H groups in total. The van der Waals surface area contributed by atoms with Crippen LogP contribution in [0, 0.1) is 11.8 Å². The first kappa shape index (κ1) is 22.8. The molecule has 1 aliphatic heterocycles. The van der Waals surface area contributed by atoms with Crippen LogP contribution in [0.2, 0.25) is 0 Å². The summed E-state index contributed by atoms with van der Waals surface area (Å²) in [4.78, 5) is 20.2. The highest BCUT2D eigenvalue weighted by molar-refractivity contribution is 5.84. The lowest BCUT2D eigenvalue weighted by Gasteiger charge is -2.46. The van der Waals surface area contributed by atoms with Crippen molar-refractivity contribution >= 4 is 10.9 Å². The van der Waals surface area contributed by atoms with E-state index in [1.165, 1.54) is 55.5 Å². The number of H-pyrrole nitrogens is 1. The van der Waals surface area contributed by atoms with Crippen molar-refractivity contribution < 1.29 is 0 Å². The van der Waals surface area contributed by atoms with E-state index in [0.717, 1.165) is 53.8 Å². The standard InChI is InChI=1S/C31H36N6O/c1-19-14-31(15-19,30-34-32-18-35(30)2)22-6-3-7-24(12-22)37-17-26(20-8-9-20)25-13-23(33-28(25)29(37)38)16-36-10-4-5-21-11-27(21)36/h3,6-7,12-13,17-21,27,33H,4-5,8-11,14-16H2,1-2H3. The van der Waals surface area contributed by atoms with Gasteiger partial charge >= 0.3 is 0 Å². The van der Waals surface area contributed by atoms with Crippen LogP contribution in [0.1, 0.15) is 80.4 Å². The highest BCUT2D eigenvalue weighted by atomic mass is 16.1. The summed E-state index contributed by atoms with van der Waals surface area (Å²) in [6, 6.07) is 11.6. The zero-order valence-corrected chi connectivity index (χ0v) is 22.4. The molecule has 0 radical (unpaired) electrons. The van der Waals surface area contributed by atoms with E-state index in [4.69, 9.17) is 0 Å². The van der Waals surface area contributed by atoms with Crippen molar-refractivity contribution in [2.75, 3.05) is 6.54 Å². The van der Waals surface area contributed by atoms with Crippen molar-refractivity contribution in [2.24, 2.45) is 18.9 Å². The number of pyridine rings is 1. The minimum atomic E-state index is -0.150. The number of likely N-dealkylation sites (tertiary alicyclic amines) is 1. The van der Waals surface area contributed by atoms with Crippen molar-refractivity contribution in [1.29, 1.82) is 0 Å². The number of hydrogen-bond acceptors (Lipinski definition) is 4. The van der Waals surface area contributed by atoms with Crippen LogP contribution in [0.25, 0.3) is 16.6 Å². The van der Waals surface area contributed by atoms with Crippen LogP contribution < -0.4 is 5.56 Å². The summed E-state index contributed by atoms with van der Waals surface area (Å²) in [6.45, 7) is 4.40. The smallest absolute Gasteiger partial charge is 0.279 e. The monoisotopic (exact) mass is 508 g/mol. The summed E-state index contributed by atoms with van der Waals surface area (Å²) in [6.07, 6.45) is 12.5. The van der Waals surface area contributed by atoms with Gasteiger partial charge in [0, 0.05) is 42.6 Å². The van der Waals surface area contributed by atoms with Crippen LogP contribution in [0.15, 0.2) is 47.7 Å². The van der Waals surface area contributed by atoms with Gasteiger partial charge < -0.3 is 9.55 Å². The Morgan fingerprint density at radius 1 is 1.16 bits per heavy atom. The number of rotatable bonds is 6. The number of aryl methyl sites for hydroxylation is 1. The van der Waals surface area contributed by atoms with E-state index < -0.39 is 0 Å². The van der Waals surface area contributed by atoms with Gasteiger partial charge in [0.2, 0.25) is 0 Å². The number of aromatic amines is 1. The Morgan fingerprint density at radius 3 is 2.79 bits per heavy atom. The average Bonchev–Trinajstić information content (AvgIpc) is 3.81. The maximum Gasteiger partial charge on any atom is 0.279 e. The van der Waals surface area contributed by atoms with E-state index in [1.807, 2.05) is 11.6 Å². The third-order valence-electron chi connectivity index (χ3n) is 9.86. The fourth-order valence-electron chi connectivity index (χ4n) is 7.76. The molecule has 4 fully saturated rings. The first-order valence-corrected chi connectivity index (χ1v) is 14.5. The van der Waals surface area contributed by atoms with Gasteiger partial charge in [-0.1, -0.05) is 19.1 Å². The van der Waals surface area contributed by atoms with Gasteiger partial charge in [-0.3, -0.25) is 14.3 Å². The molecule has 4 heterocycles. The van der Waals surface area contributed by atoms with Gasteiger partial charge in [0.25, 0.3) is 5.56 Å². The molecular formula is C31H36N6O. The predicted octanol–water partition coefficient (Wildman–Crippen LogP) is 5.03. The van der Waals surface area contributed by atoms with E-state index in [0.29, 0.717) is 11.8 Å². The molecule has 7 nitrogen and oxygen atoms in total. The van der Waals surface area contributed by atoms with Gasteiger partial charge in [-0.05, 0) is 98.6 Å². The highest BCUT2D eigenvalue weighted by Gasteiger charge is 2.48. The van der Waals surface area contributed by atoms with Gasteiger partial charge in [-0.25, -0.2) is 0 Å². The minimum absolute atomic E-state index is 0.0467. The first-order chi connectivity index (χ1) is 18.5. The third kappa shape index (κ3) is 3.47. The Morgan fingerprint density at radius 2 is 2.03 bits per heavy atom. The number of piperidine rings is 1. The molecular weight excluding hydrogens is 472 g/mol. The quantitative estimate of drug-likeness (QED) is 0.397. The number of nitrogens with one attached hydrogen (secondary N) is 1. The Labute approximate surface area is 222 Å². The molecule has 38 heavy (non-hydrogen) atoms. The van der Waals surface area contributed by atoms with Gasteiger partial charge in [0.15, 0.2) is 0 Å². The number of nitrogens with zero attached hydrogens (tertiary/aromatic N) is 5. The largest absolute Gasteiger partial charge is 0.353 e.